The van der Waals surface area contributed by atoms with Gasteiger partial charge in [0.05, 0.1) is 0 Å². The summed E-state index contributed by atoms with van der Waals surface area (Å²) in [5, 5.41) is 13.1. The number of carbonyl (C=O) groups is 1. The predicted octanol–water partition coefficient (Wildman–Crippen LogP) is 2.36. The van der Waals surface area contributed by atoms with Crippen LogP contribution in [0.25, 0.3) is 10.4 Å². The van der Waals surface area contributed by atoms with Crippen molar-refractivity contribution in [3.05, 3.63) is 34.2 Å². The van der Waals surface area contributed by atoms with Crippen molar-refractivity contribution in [3.63, 3.8) is 0 Å². The second-order valence-electron chi connectivity index (χ2n) is 4.46. The SMILES string of the molecule is Cc1ccc(N2CC(CN=[N+]=[N-])CC2=O)cc1O. The number of aromatic hydroxyl groups is 1. The fourth-order valence-corrected chi connectivity index (χ4v) is 2.07. The van der Waals surface area contributed by atoms with Crippen LogP contribution in [-0.2, 0) is 4.79 Å². The minimum atomic E-state index is -0.00334. The highest BCUT2D eigenvalue weighted by Gasteiger charge is 2.30. The van der Waals surface area contributed by atoms with E-state index in [2.05, 4.69) is 10.0 Å². The van der Waals surface area contributed by atoms with Gasteiger partial charge in [0.15, 0.2) is 0 Å². The zero-order valence-corrected chi connectivity index (χ0v) is 10.1. The lowest BCUT2D eigenvalue weighted by molar-refractivity contribution is -0.117. The highest BCUT2D eigenvalue weighted by molar-refractivity contribution is 5.96. The van der Waals surface area contributed by atoms with E-state index in [-0.39, 0.29) is 17.6 Å². The maximum atomic E-state index is 11.9. The number of aryl methyl sites for hydroxylation is 1. The Hall–Kier alpha value is -2.20. The van der Waals surface area contributed by atoms with Gasteiger partial charge in [0, 0.05) is 36.2 Å². The average Bonchev–Trinajstić information content (AvgIpc) is 2.71. The molecule has 6 nitrogen and oxygen atoms in total. The highest BCUT2D eigenvalue weighted by Crippen LogP contribution is 2.29. The zero-order chi connectivity index (χ0) is 13.1. The van der Waals surface area contributed by atoms with Crippen molar-refractivity contribution in [2.75, 3.05) is 18.0 Å². The molecule has 0 aliphatic carbocycles. The van der Waals surface area contributed by atoms with Gasteiger partial charge in [0.25, 0.3) is 0 Å². The van der Waals surface area contributed by atoms with E-state index in [9.17, 15) is 9.90 Å². The molecule has 1 aromatic carbocycles. The van der Waals surface area contributed by atoms with E-state index in [1.54, 1.807) is 24.0 Å². The first kappa shape index (κ1) is 12.3. The molecule has 94 valence electrons. The number of hydrogen-bond acceptors (Lipinski definition) is 3. The number of rotatable bonds is 3. The van der Waals surface area contributed by atoms with Gasteiger partial charge in [-0.05, 0) is 30.0 Å². The molecule has 0 bridgehead atoms. The molecule has 1 N–H and O–H groups in total. The second-order valence-corrected chi connectivity index (χ2v) is 4.46. The summed E-state index contributed by atoms with van der Waals surface area (Å²) in [6.07, 6.45) is 0.383. The first-order valence-corrected chi connectivity index (χ1v) is 5.72. The van der Waals surface area contributed by atoms with Crippen LogP contribution < -0.4 is 4.90 Å². The third-order valence-electron chi connectivity index (χ3n) is 3.11. The molecule has 1 atom stereocenters. The Balaban J connectivity index is 2.16. The summed E-state index contributed by atoms with van der Waals surface area (Å²) in [7, 11) is 0. The van der Waals surface area contributed by atoms with Crippen molar-refractivity contribution >= 4 is 11.6 Å². The van der Waals surface area contributed by atoms with Crippen molar-refractivity contribution < 1.29 is 9.90 Å². The maximum absolute atomic E-state index is 11.9. The largest absolute Gasteiger partial charge is 0.508 e. The van der Waals surface area contributed by atoms with Gasteiger partial charge in [0.1, 0.15) is 5.75 Å². The molecule has 2 rings (SSSR count). The van der Waals surface area contributed by atoms with Crippen LogP contribution in [0.1, 0.15) is 12.0 Å². The number of benzene rings is 1. The number of hydrogen-bond donors (Lipinski definition) is 1. The van der Waals surface area contributed by atoms with Gasteiger partial charge in [0.2, 0.25) is 5.91 Å². The molecule has 1 amide bonds. The Morgan fingerprint density at radius 2 is 2.39 bits per heavy atom. The topological polar surface area (TPSA) is 89.3 Å². The molecule has 1 aliphatic heterocycles. The zero-order valence-electron chi connectivity index (χ0n) is 10.1. The summed E-state index contributed by atoms with van der Waals surface area (Å²) in [6, 6.07) is 5.17. The Bertz CT molecular complexity index is 523. The first-order chi connectivity index (χ1) is 8.61. The molecular weight excluding hydrogens is 232 g/mol. The smallest absolute Gasteiger partial charge is 0.227 e. The molecule has 1 aliphatic rings. The van der Waals surface area contributed by atoms with Crippen molar-refractivity contribution in [3.8, 4) is 5.75 Å². The Morgan fingerprint density at radius 3 is 3.06 bits per heavy atom. The Labute approximate surface area is 104 Å². The summed E-state index contributed by atoms with van der Waals surface area (Å²) in [5.41, 5.74) is 9.73. The third kappa shape index (κ3) is 2.38. The fraction of sp³-hybridized carbons (Fsp3) is 0.417. The number of anilines is 1. The van der Waals surface area contributed by atoms with Crippen LogP contribution in [-0.4, -0.2) is 24.1 Å². The molecule has 1 heterocycles. The van der Waals surface area contributed by atoms with Gasteiger partial charge in [-0.3, -0.25) is 4.79 Å². The summed E-state index contributed by atoms with van der Waals surface area (Å²) >= 11 is 0. The molecule has 1 aromatic rings. The van der Waals surface area contributed by atoms with Crippen LogP contribution in [0.3, 0.4) is 0 Å². The molecule has 1 fully saturated rings. The highest BCUT2D eigenvalue weighted by atomic mass is 16.3. The van der Waals surface area contributed by atoms with E-state index < -0.39 is 0 Å². The number of nitrogens with zero attached hydrogens (tertiary/aromatic N) is 4. The number of phenolic OH excluding ortho intramolecular Hbond substituents is 1. The van der Waals surface area contributed by atoms with Crippen LogP contribution in [0, 0.1) is 12.8 Å². The monoisotopic (exact) mass is 246 g/mol. The summed E-state index contributed by atoms with van der Waals surface area (Å²) in [5.74, 6) is 0.229. The number of phenols is 1. The molecule has 1 unspecified atom stereocenters. The van der Waals surface area contributed by atoms with Crippen LogP contribution in [0.5, 0.6) is 5.75 Å². The number of amides is 1. The van der Waals surface area contributed by atoms with E-state index in [1.165, 1.54) is 0 Å². The van der Waals surface area contributed by atoms with Gasteiger partial charge < -0.3 is 10.0 Å². The van der Waals surface area contributed by atoms with E-state index in [4.69, 9.17) is 5.53 Å². The third-order valence-corrected chi connectivity index (χ3v) is 3.11. The van der Waals surface area contributed by atoms with E-state index >= 15 is 0 Å². The standard InChI is InChI=1S/C12H14N4O2/c1-8-2-3-10(5-11(8)17)16-7-9(4-12(16)18)6-14-15-13/h2-3,5,9,17H,4,6-7H2,1H3. The first-order valence-electron chi connectivity index (χ1n) is 5.72. The second kappa shape index (κ2) is 4.98. The summed E-state index contributed by atoms with van der Waals surface area (Å²) < 4.78 is 0. The molecule has 0 radical (unpaired) electrons. The molecular formula is C12H14N4O2. The lowest BCUT2D eigenvalue weighted by Crippen LogP contribution is -2.24. The summed E-state index contributed by atoms with van der Waals surface area (Å²) in [4.78, 5) is 16.2. The molecule has 1 saturated heterocycles. The lowest BCUT2D eigenvalue weighted by atomic mass is 10.1. The molecule has 0 spiro atoms. The van der Waals surface area contributed by atoms with Gasteiger partial charge in [-0.1, -0.05) is 11.2 Å². The normalized spacial score (nSPS) is 18.8. The van der Waals surface area contributed by atoms with E-state index in [0.717, 1.165) is 5.56 Å². The van der Waals surface area contributed by atoms with Gasteiger partial charge in [-0.2, -0.15) is 0 Å². The van der Waals surface area contributed by atoms with Crippen LogP contribution in [0.4, 0.5) is 5.69 Å². The van der Waals surface area contributed by atoms with Crippen LogP contribution >= 0.6 is 0 Å². The van der Waals surface area contributed by atoms with Gasteiger partial charge in [-0.15, -0.1) is 0 Å². The molecule has 0 saturated carbocycles. The van der Waals surface area contributed by atoms with E-state index in [1.807, 2.05) is 6.07 Å². The van der Waals surface area contributed by atoms with Crippen molar-refractivity contribution in [1.29, 1.82) is 0 Å². The van der Waals surface area contributed by atoms with Crippen molar-refractivity contribution in [2.24, 2.45) is 11.0 Å². The fourth-order valence-electron chi connectivity index (χ4n) is 2.07. The van der Waals surface area contributed by atoms with Crippen molar-refractivity contribution in [1.82, 2.24) is 0 Å². The Morgan fingerprint density at radius 1 is 1.61 bits per heavy atom. The van der Waals surface area contributed by atoms with E-state index in [0.29, 0.717) is 25.2 Å². The van der Waals surface area contributed by atoms with Crippen LogP contribution in [0.15, 0.2) is 23.3 Å². The average molecular weight is 246 g/mol. The summed E-state index contributed by atoms with van der Waals surface area (Å²) in [6.45, 7) is 2.66. The van der Waals surface area contributed by atoms with Gasteiger partial charge >= 0.3 is 0 Å². The van der Waals surface area contributed by atoms with Crippen LogP contribution in [0.2, 0.25) is 0 Å². The quantitative estimate of drug-likeness (QED) is 0.504. The maximum Gasteiger partial charge on any atom is 0.227 e. The molecule has 18 heavy (non-hydrogen) atoms. The minimum Gasteiger partial charge on any atom is -0.508 e. The number of carbonyl (C=O) groups excluding carboxylic acids is 1. The van der Waals surface area contributed by atoms with Crippen molar-refractivity contribution in [2.45, 2.75) is 13.3 Å². The Kier molecular flexibility index (Phi) is 3.39. The van der Waals surface area contributed by atoms with Gasteiger partial charge in [-0.25, -0.2) is 0 Å². The number of azide groups is 1. The lowest BCUT2D eigenvalue weighted by Gasteiger charge is -2.17. The molecule has 0 aromatic heterocycles. The molecule has 6 heteroatoms. The predicted molar refractivity (Wildman–Crippen MR) is 67.3 cm³/mol. The minimum absolute atomic E-state index is 0.00334.